The Morgan fingerprint density at radius 2 is 1.78 bits per heavy atom. The van der Waals surface area contributed by atoms with Crippen LogP contribution in [0.5, 0.6) is 17.2 Å². The SMILES string of the molecule is C#CC(CCCCC)O/N=C1/c2cc(OC)c(OC)cc2-c2[nH]c3ccc(OCCN(C)C)cc3c21.Cl. The molecule has 1 aliphatic carbocycles. The predicted octanol–water partition coefficient (Wildman–Crippen LogP) is 5.88. The summed E-state index contributed by atoms with van der Waals surface area (Å²) in [7, 11) is 7.31. The third-order valence-electron chi connectivity index (χ3n) is 6.39. The number of benzene rings is 2. The lowest BCUT2D eigenvalue weighted by atomic mass is 10.1. The Labute approximate surface area is 225 Å². The van der Waals surface area contributed by atoms with Gasteiger partial charge in [-0.25, -0.2) is 0 Å². The van der Waals surface area contributed by atoms with Crippen LogP contribution in [-0.2, 0) is 4.84 Å². The van der Waals surface area contributed by atoms with Crippen LogP contribution < -0.4 is 14.2 Å². The zero-order chi connectivity index (χ0) is 25.7. The first-order chi connectivity index (χ1) is 17.5. The zero-order valence-corrected chi connectivity index (χ0v) is 23.0. The zero-order valence-electron chi connectivity index (χ0n) is 22.2. The second-order valence-corrected chi connectivity index (χ2v) is 9.18. The minimum atomic E-state index is -0.383. The number of unbranched alkanes of at least 4 members (excludes halogenated alkanes) is 2. The number of H-pyrrole nitrogens is 1. The summed E-state index contributed by atoms with van der Waals surface area (Å²) < 4.78 is 17.2. The van der Waals surface area contributed by atoms with Crippen molar-refractivity contribution in [1.29, 1.82) is 0 Å². The fourth-order valence-electron chi connectivity index (χ4n) is 4.43. The van der Waals surface area contributed by atoms with Gasteiger partial charge in [-0.3, -0.25) is 0 Å². The summed E-state index contributed by atoms with van der Waals surface area (Å²) in [6.45, 7) is 3.60. The Balaban J connectivity index is 0.00000380. The highest BCUT2D eigenvalue weighted by Gasteiger charge is 2.32. The van der Waals surface area contributed by atoms with Crippen molar-refractivity contribution in [3.8, 4) is 40.8 Å². The van der Waals surface area contributed by atoms with Gasteiger partial charge < -0.3 is 28.9 Å². The van der Waals surface area contributed by atoms with Crippen LogP contribution in [0.4, 0.5) is 0 Å². The Morgan fingerprint density at radius 1 is 1.05 bits per heavy atom. The fourth-order valence-corrected chi connectivity index (χ4v) is 4.43. The second kappa shape index (κ2) is 12.8. The summed E-state index contributed by atoms with van der Waals surface area (Å²) in [5.74, 6) is 4.82. The number of likely N-dealkylation sites (N-methyl/N-ethyl adjacent to an activating group) is 1. The molecule has 0 aliphatic heterocycles. The number of nitrogens with one attached hydrogen (secondary N) is 1. The summed E-state index contributed by atoms with van der Waals surface area (Å²) in [5.41, 5.74) is 5.49. The van der Waals surface area contributed by atoms with Gasteiger partial charge in [-0.2, -0.15) is 0 Å². The molecular weight excluding hydrogens is 490 g/mol. The van der Waals surface area contributed by atoms with Crippen LogP contribution in [0.15, 0.2) is 35.5 Å². The molecule has 1 heterocycles. The summed E-state index contributed by atoms with van der Waals surface area (Å²) in [6, 6.07) is 9.98. The number of nitrogens with zero attached hydrogens (tertiary/aromatic N) is 2. The Morgan fingerprint density at radius 3 is 2.43 bits per heavy atom. The highest BCUT2D eigenvalue weighted by molar-refractivity contribution is 6.30. The minimum absolute atomic E-state index is 0. The van der Waals surface area contributed by atoms with E-state index < -0.39 is 0 Å². The predicted molar refractivity (Wildman–Crippen MR) is 152 cm³/mol. The number of hydrogen-bond acceptors (Lipinski definition) is 6. The lowest BCUT2D eigenvalue weighted by molar-refractivity contribution is 0.0916. The average Bonchev–Trinajstić information content (AvgIpc) is 3.39. The molecule has 8 heteroatoms. The molecule has 198 valence electrons. The molecule has 0 radical (unpaired) electrons. The second-order valence-electron chi connectivity index (χ2n) is 9.18. The molecule has 0 spiro atoms. The van der Waals surface area contributed by atoms with E-state index in [2.05, 4.69) is 34.0 Å². The molecule has 2 aromatic carbocycles. The van der Waals surface area contributed by atoms with Crippen molar-refractivity contribution >= 4 is 29.0 Å². The van der Waals surface area contributed by atoms with Crippen LogP contribution in [0.1, 0.15) is 43.7 Å². The molecule has 4 rings (SSSR count). The van der Waals surface area contributed by atoms with Crippen molar-refractivity contribution in [2.45, 2.75) is 38.7 Å². The van der Waals surface area contributed by atoms with Crippen molar-refractivity contribution in [3.05, 3.63) is 41.5 Å². The molecule has 37 heavy (non-hydrogen) atoms. The smallest absolute Gasteiger partial charge is 0.187 e. The maximum absolute atomic E-state index is 6.02. The van der Waals surface area contributed by atoms with Gasteiger partial charge in [0.25, 0.3) is 0 Å². The highest BCUT2D eigenvalue weighted by Crippen LogP contribution is 2.46. The first kappa shape index (κ1) is 28.2. The van der Waals surface area contributed by atoms with Gasteiger partial charge in [0.2, 0.25) is 0 Å². The molecule has 0 saturated heterocycles. The molecule has 0 amide bonds. The lowest BCUT2D eigenvalue weighted by Crippen LogP contribution is -2.19. The van der Waals surface area contributed by atoms with Crippen LogP contribution in [0.25, 0.3) is 22.2 Å². The Bertz CT molecular complexity index is 1290. The van der Waals surface area contributed by atoms with Gasteiger partial charge in [0.15, 0.2) is 17.6 Å². The van der Waals surface area contributed by atoms with E-state index in [0.717, 1.165) is 71.3 Å². The third kappa shape index (κ3) is 5.98. The van der Waals surface area contributed by atoms with E-state index >= 15 is 0 Å². The fraction of sp³-hybridized carbons (Fsp3) is 0.414. The Kier molecular flexibility index (Phi) is 9.73. The van der Waals surface area contributed by atoms with Crippen LogP contribution >= 0.6 is 12.4 Å². The number of methoxy groups -OCH3 is 2. The van der Waals surface area contributed by atoms with Gasteiger partial charge in [0.1, 0.15) is 18.1 Å². The van der Waals surface area contributed by atoms with Gasteiger partial charge in [-0.05, 0) is 57.3 Å². The number of halogens is 1. The first-order valence-corrected chi connectivity index (χ1v) is 12.4. The van der Waals surface area contributed by atoms with Crippen molar-refractivity contribution in [2.75, 3.05) is 41.5 Å². The Hall–Kier alpha value is -3.34. The summed E-state index contributed by atoms with van der Waals surface area (Å²) in [5, 5.41) is 5.64. The first-order valence-electron chi connectivity index (χ1n) is 12.4. The number of ether oxygens (including phenoxy) is 3. The van der Waals surface area contributed by atoms with Crippen molar-refractivity contribution in [3.63, 3.8) is 0 Å². The van der Waals surface area contributed by atoms with Crippen LogP contribution in [0.3, 0.4) is 0 Å². The van der Waals surface area contributed by atoms with E-state index in [4.69, 9.17) is 25.5 Å². The molecule has 3 aromatic rings. The largest absolute Gasteiger partial charge is 0.493 e. The molecule has 1 unspecified atom stereocenters. The maximum atomic E-state index is 6.02. The van der Waals surface area contributed by atoms with Gasteiger partial charge in [0.05, 0.1) is 19.9 Å². The monoisotopic (exact) mass is 525 g/mol. The third-order valence-corrected chi connectivity index (χ3v) is 6.39. The van der Waals surface area contributed by atoms with Gasteiger partial charge >= 0.3 is 0 Å². The van der Waals surface area contributed by atoms with Gasteiger partial charge in [-0.15, -0.1) is 18.8 Å². The number of fused-ring (bicyclic) bond motifs is 5. The van der Waals surface area contributed by atoms with Crippen molar-refractivity contribution in [1.82, 2.24) is 9.88 Å². The maximum Gasteiger partial charge on any atom is 0.187 e. The van der Waals surface area contributed by atoms with Crippen molar-refractivity contribution < 1.29 is 19.0 Å². The van der Waals surface area contributed by atoms with Crippen LogP contribution in [0.2, 0.25) is 0 Å². The highest BCUT2D eigenvalue weighted by atomic mass is 35.5. The molecule has 0 bridgehead atoms. The molecule has 1 N–H and O–H groups in total. The molecule has 7 nitrogen and oxygen atoms in total. The van der Waals surface area contributed by atoms with Crippen molar-refractivity contribution in [2.24, 2.45) is 5.16 Å². The molecular formula is C29H36ClN3O4. The molecule has 1 atom stereocenters. The molecule has 0 fully saturated rings. The normalized spacial score (nSPS) is 13.6. The molecule has 1 aromatic heterocycles. The topological polar surface area (TPSA) is 68.3 Å². The number of hydrogen-bond donors (Lipinski definition) is 1. The molecule has 1 aliphatic rings. The number of aromatic nitrogens is 1. The van der Waals surface area contributed by atoms with Crippen LogP contribution in [0, 0.1) is 12.3 Å². The average molecular weight is 526 g/mol. The quantitative estimate of drug-likeness (QED) is 0.142. The number of aromatic amines is 1. The summed E-state index contributed by atoms with van der Waals surface area (Å²) in [4.78, 5) is 11.6. The van der Waals surface area contributed by atoms with Gasteiger partial charge in [-0.1, -0.05) is 30.8 Å². The van der Waals surface area contributed by atoms with E-state index in [0.29, 0.717) is 23.8 Å². The van der Waals surface area contributed by atoms with E-state index in [9.17, 15) is 0 Å². The van der Waals surface area contributed by atoms with E-state index in [-0.39, 0.29) is 18.5 Å². The minimum Gasteiger partial charge on any atom is -0.493 e. The van der Waals surface area contributed by atoms with E-state index in [1.807, 2.05) is 38.4 Å². The number of oxime groups is 1. The number of rotatable bonds is 12. The number of terminal acetylenes is 1. The standard InChI is InChI=1S/C29H35N3O4.ClH/c1-7-9-10-11-19(8-2)36-31-29-22-18-26(34-6)25(33-5)17-21(22)28-27(29)23-16-20(12-13-24(23)30-28)35-15-14-32(3)4;/h2,12-13,16-19,30H,7,9-11,14-15H2,1,3-6H3;1H/b31-29-;. The lowest BCUT2D eigenvalue weighted by Gasteiger charge is -2.13. The van der Waals surface area contributed by atoms with E-state index in [1.54, 1.807) is 14.2 Å². The summed E-state index contributed by atoms with van der Waals surface area (Å²) >= 11 is 0. The molecule has 0 saturated carbocycles. The van der Waals surface area contributed by atoms with Gasteiger partial charge in [0, 0.05) is 34.1 Å². The van der Waals surface area contributed by atoms with E-state index in [1.165, 1.54) is 0 Å². The summed E-state index contributed by atoms with van der Waals surface area (Å²) in [6.07, 6.45) is 9.39. The van der Waals surface area contributed by atoms with Crippen LogP contribution in [-0.4, -0.2) is 63.2 Å².